The summed E-state index contributed by atoms with van der Waals surface area (Å²) in [6.07, 6.45) is 3.36. The van der Waals surface area contributed by atoms with Crippen LogP contribution in [0.3, 0.4) is 0 Å². The van der Waals surface area contributed by atoms with E-state index in [1.54, 1.807) is 0 Å². The van der Waals surface area contributed by atoms with Crippen molar-refractivity contribution in [3.8, 4) is 0 Å². The molecule has 2 fully saturated rings. The molecule has 3 unspecified atom stereocenters. The van der Waals surface area contributed by atoms with Gasteiger partial charge in [0.25, 0.3) is 0 Å². The summed E-state index contributed by atoms with van der Waals surface area (Å²) < 4.78 is 0. The zero-order valence-corrected chi connectivity index (χ0v) is 11.0. The average Bonchev–Trinajstić information content (AvgIpc) is 2.82. The van der Waals surface area contributed by atoms with E-state index in [0.717, 1.165) is 45.1 Å². The third kappa shape index (κ3) is 3.30. The zero-order chi connectivity index (χ0) is 12.3. The standard InChI is InChI=1S/C14H26N2O/c1-3-6-15-7-11(2)8-16-9-12-4-5-14(17)13(12)10-16/h12-15,17H,2-10H2,1H3. The van der Waals surface area contributed by atoms with Crippen LogP contribution in [0.1, 0.15) is 26.2 Å². The second kappa shape index (κ2) is 5.98. The molecule has 0 aromatic carbocycles. The Morgan fingerprint density at radius 3 is 2.94 bits per heavy atom. The van der Waals surface area contributed by atoms with Crippen LogP contribution in [0.15, 0.2) is 12.2 Å². The van der Waals surface area contributed by atoms with Gasteiger partial charge in [0.15, 0.2) is 0 Å². The lowest BCUT2D eigenvalue weighted by Crippen LogP contribution is -2.29. The molecule has 2 rings (SSSR count). The highest BCUT2D eigenvalue weighted by Gasteiger charge is 2.41. The second-order valence-corrected chi connectivity index (χ2v) is 5.69. The van der Waals surface area contributed by atoms with Crippen molar-refractivity contribution in [3.05, 3.63) is 12.2 Å². The molecule has 0 aromatic rings. The van der Waals surface area contributed by atoms with Gasteiger partial charge in [0.1, 0.15) is 0 Å². The number of nitrogens with zero attached hydrogens (tertiary/aromatic N) is 1. The summed E-state index contributed by atoms with van der Waals surface area (Å²) in [5, 5.41) is 13.3. The number of hydrogen-bond acceptors (Lipinski definition) is 3. The summed E-state index contributed by atoms with van der Waals surface area (Å²) in [6.45, 7) is 11.5. The van der Waals surface area contributed by atoms with E-state index >= 15 is 0 Å². The van der Waals surface area contributed by atoms with Crippen LogP contribution in [0.5, 0.6) is 0 Å². The van der Waals surface area contributed by atoms with Crippen LogP contribution in [-0.4, -0.2) is 48.8 Å². The normalized spacial score (nSPS) is 32.9. The SMILES string of the molecule is C=C(CNCCC)CN1CC2CCC(O)C2C1. The second-order valence-electron chi connectivity index (χ2n) is 5.69. The van der Waals surface area contributed by atoms with Crippen molar-refractivity contribution in [2.75, 3.05) is 32.7 Å². The zero-order valence-electron chi connectivity index (χ0n) is 11.0. The Balaban J connectivity index is 1.69. The molecule has 1 heterocycles. The van der Waals surface area contributed by atoms with Crippen molar-refractivity contribution in [1.82, 2.24) is 10.2 Å². The van der Waals surface area contributed by atoms with Crippen LogP contribution in [0.25, 0.3) is 0 Å². The Kier molecular flexibility index (Phi) is 4.60. The Morgan fingerprint density at radius 2 is 2.24 bits per heavy atom. The van der Waals surface area contributed by atoms with Crippen molar-refractivity contribution in [2.24, 2.45) is 11.8 Å². The molecule has 1 saturated heterocycles. The number of likely N-dealkylation sites (tertiary alicyclic amines) is 1. The van der Waals surface area contributed by atoms with Gasteiger partial charge < -0.3 is 10.4 Å². The molecule has 1 saturated carbocycles. The van der Waals surface area contributed by atoms with Crippen molar-refractivity contribution in [1.29, 1.82) is 0 Å². The van der Waals surface area contributed by atoms with Crippen molar-refractivity contribution < 1.29 is 5.11 Å². The molecule has 3 heteroatoms. The van der Waals surface area contributed by atoms with Gasteiger partial charge in [-0.15, -0.1) is 0 Å². The van der Waals surface area contributed by atoms with Crippen LogP contribution < -0.4 is 5.32 Å². The van der Waals surface area contributed by atoms with Crippen LogP contribution >= 0.6 is 0 Å². The van der Waals surface area contributed by atoms with Gasteiger partial charge in [-0.1, -0.05) is 13.5 Å². The van der Waals surface area contributed by atoms with Gasteiger partial charge >= 0.3 is 0 Å². The predicted octanol–water partition coefficient (Wildman–Crippen LogP) is 1.24. The van der Waals surface area contributed by atoms with Crippen LogP contribution in [0.4, 0.5) is 0 Å². The highest BCUT2D eigenvalue weighted by atomic mass is 16.3. The molecule has 1 aliphatic carbocycles. The smallest absolute Gasteiger partial charge is 0.0583 e. The molecule has 17 heavy (non-hydrogen) atoms. The van der Waals surface area contributed by atoms with E-state index in [2.05, 4.69) is 23.7 Å². The minimum Gasteiger partial charge on any atom is -0.393 e. The minimum atomic E-state index is -0.0449. The van der Waals surface area contributed by atoms with Gasteiger partial charge in [-0.2, -0.15) is 0 Å². The maximum Gasteiger partial charge on any atom is 0.0583 e. The third-order valence-electron chi connectivity index (χ3n) is 4.14. The topological polar surface area (TPSA) is 35.5 Å². The van der Waals surface area contributed by atoms with Crippen molar-refractivity contribution in [2.45, 2.75) is 32.3 Å². The first-order valence-electron chi connectivity index (χ1n) is 6.98. The summed E-state index contributed by atoms with van der Waals surface area (Å²) in [7, 11) is 0. The first-order chi connectivity index (χ1) is 8.20. The number of fused-ring (bicyclic) bond motifs is 1. The number of nitrogens with one attached hydrogen (secondary N) is 1. The molecule has 2 N–H and O–H groups in total. The van der Waals surface area contributed by atoms with Gasteiger partial charge in [0, 0.05) is 32.1 Å². The van der Waals surface area contributed by atoms with E-state index in [9.17, 15) is 5.11 Å². The van der Waals surface area contributed by atoms with E-state index in [-0.39, 0.29) is 6.10 Å². The number of rotatable bonds is 6. The van der Waals surface area contributed by atoms with Crippen LogP contribution in [-0.2, 0) is 0 Å². The van der Waals surface area contributed by atoms with Crippen LogP contribution in [0, 0.1) is 11.8 Å². The summed E-state index contributed by atoms with van der Waals surface area (Å²) in [5.41, 5.74) is 1.27. The highest BCUT2D eigenvalue weighted by molar-refractivity contribution is 5.03. The Labute approximate surface area is 105 Å². The van der Waals surface area contributed by atoms with Crippen molar-refractivity contribution >= 4 is 0 Å². The molecule has 0 aromatic heterocycles. The lowest BCUT2D eigenvalue weighted by Gasteiger charge is -2.19. The molecule has 2 aliphatic rings. The van der Waals surface area contributed by atoms with Gasteiger partial charge in [0.2, 0.25) is 0 Å². The van der Waals surface area contributed by atoms with E-state index < -0.39 is 0 Å². The third-order valence-corrected chi connectivity index (χ3v) is 4.14. The summed E-state index contributed by atoms with van der Waals surface area (Å²) in [4.78, 5) is 2.47. The summed E-state index contributed by atoms with van der Waals surface area (Å²) in [6, 6.07) is 0. The lowest BCUT2D eigenvalue weighted by molar-refractivity contribution is 0.125. The number of aliphatic hydroxyl groups is 1. The molecular weight excluding hydrogens is 212 g/mol. The molecule has 3 atom stereocenters. The largest absolute Gasteiger partial charge is 0.393 e. The molecule has 0 spiro atoms. The first-order valence-corrected chi connectivity index (χ1v) is 6.98. The summed E-state index contributed by atoms with van der Waals surface area (Å²) in [5.74, 6) is 1.27. The van der Waals surface area contributed by atoms with Gasteiger partial charge in [-0.25, -0.2) is 0 Å². The minimum absolute atomic E-state index is 0.0449. The predicted molar refractivity (Wildman–Crippen MR) is 71.0 cm³/mol. The molecule has 1 aliphatic heterocycles. The molecule has 0 radical (unpaired) electrons. The lowest BCUT2D eigenvalue weighted by atomic mass is 10.00. The number of hydrogen-bond donors (Lipinski definition) is 2. The molecular formula is C14H26N2O. The highest BCUT2D eigenvalue weighted by Crippen LogP contribution is 2.38. The number of aliphatic hydroxyl groups excluding tert-OH is 1. The molecule has 98 valence electrons. The van der Waals surface area contributed by atoms with Crippen molar-refractivity contribution in [3.63, 3.8) is 0 Å². The Hall–Kier alpha value is -0.380. The summed E-state index contributed by atoms with van der Waals surface area (Å²) >= 11 is 0. The maximum atomic E-state index is 9.86. The molecule has 0 bridgehead atoms. The fraction of sp³-hybridized carbons (Fsp3) is 0.857. The average molecular weight is 238 g/mol. The quantitative estimate of drug-likeness (QED) is 0.540. The van der Waals surface area contributed by atoms with Gasteiger partial charge in [-0.05, 0) is 37.3 Å². The maximum absolute atomic E-state index is 9.86. The van der Waals surface area contributed by atoms with E-state index in [4.69, 9.17) is 0 Å². The van der Waals surface area contributed by atoms with Crippen LogP contribution in [0.2, 0.25) is 0 Å². The Bertz CT molecular complexity index is 267. The fourth-order valence-electron chi connectivity index (χ4n) is 3.27. The van der Waals surface area contributed by atoms with Gasteiger partial charge in [0.05, 0.1) is 6.10 Å². The van der Waals surface area contributed by atoms with E-state index in [1.807, 2.05) is 0 Å². The van der Waals surface area contributed by atoms with Gasteiger partial charge in [-0.3, -0.25) is 4.90 Å². The van der Waals surface area contributed by atoms with E-state index in [1.165, 1.54) is 18.4 Å². The monoisotopic (exact) mass is 238 g/mol. The first kappa shape index (κ1) is 13.1. The molecule has 3 nitrogen and oxygen atoms in total. The fourth-order valence-corrected chi connectivity index (χ4v) is 3.27. The Morgan fingerprint density at radius 1 is 1.41 bits per heavy atom. The van der Waals surface area contributed by atoms with E-state index in [0.29, 0.717) is 5.92 Å². The molecule has 0 amide bonds.